The van der Waals surface area contributed by atoms with Gasteiger partial charge in [-0.2, -0.15) is 0 Å². The van der Waals surface area contributed by atoms with Crippen LogP contribution in [0, 0.1) is 0 Å². The molecule has 0 saturated heterocycles. The molecule has 0 aliphatic carbocycles. The summed E-state index contributed by atoms with van der Waals surface area (Å²) in [6.07, 6.45) is -1.34. The van der Waals surface area contributed by atoms with Crippen molar-refractivity contribution in [1.82, 2.24) is 10.3 Å². The van der Waals surface area contributed by atoms with Crippen LogP contribution in [0.25, 0.3) is 10.9 Å². The Morgan fingerprint density at radius 1 is 1.15 bits per heavy atom. The van der Waals surface area contributed by atoms with Gasteiger partial charge in [0.2, 0.25) is 0 Å². The second-order valence-electron chi connectivity index (χ2n) is 5.88. The van der Waals surface area contributed by atoms with E-state index in [0.29, 0.717) is 27.1 Å². The molecule has 3 rings (SSSR count). The Hall–Kier alpha value is -3.16. The lowest BCUT2D eigenvalue weighted by Gasteiger charge is -2.13. The van der Waals surface area contributed by atoms with Crippen LogP contribution in [0.15, 0.2) is 53.3 Å². The number of H-pyrrole nitrogens is 1. The molecule has 1 unspecified atom stereocenters. The van der Waals surface area contributed by atoms with E-state index in [1.54, 1.807) is 36.4 Å². The molecule has 0 aliphatic heterocycles. The van der Waals surface area contributed by atoms with Crippen LogP contribution >= 0.6 is 11.6 Å². The number of benzene rings is 2. The Bertz CT molecular complexity index is 1080. The standard InChI is InChI=1S/C19H15ClN2O5/c20-13-6-11-8-14(19(26)27)17(24)22-15(11)12(7-13)9-21-18(25)16(23)10-4-2-1-3-5-10/h1-8,16,23H,9H2,(H,21,25)(H,22,24)(H,26,27). The summed E-state index contributed by atoms with van der Waals surface area (Å²) in [5, 5.41) is 22.5. The number of amides is 1. The summed E-state index contributed by atoms with van der Waals surface area (Å²) in [7, 11) is 0. The van der Waals surface area contributed by atoms with E-state index in [1.807, 2.05) is 0 Å². The second-order valence-corrected chi connectivity index (χ2v) is 6.31. The van der Waals surface area contributed by atoms with Crippen LogP contribution in [0.4, 0.5) is 0 Å². The van der Waals surface area contributed by atoms with Gasteiger partial charge in [0, 0.05) is 17.0 Å². The summed E-state index contributed by atoms with van der Waals surface area (Å²) >= 11 is 6.07. The summed E-state index contributed by atoms with van der Waals surface area (Å²) in [5.74, 6) is -1.96. The quantitative estimate of drug-likeness (QED) is 0.536. The number of aromatic carboxylic acids is 1. The van der Waals surface area contributed by atoms with Gasteiger partial charge in [-0.15, -0.1) is 0 Å². The maximum absolute atomic E-state index is 12.2. The highest BCUT2D eigenvalue weighted by atomic mass is 35.5. The van der Waals surface area contributed by atoms with Gasteiger partial charge in [0.05, 0.1) is 5.52 Å². The number of hydrogen-bond donors (Lipinski definition) is 4. The number of hydrogen-bond acceptors (Lipinski definition) is 4. The molecule has 8 heteroatoms. The van der Waals surface area contributed by atoms with Crippen LogP contribution < -0.4 is 10.9 Å². The lowest BCUT2D eigenvalue weighted by atomic mass is 10.1. The largest absolute Gasteiger partial charge is 0.477 e. The molecule has 2 aromatic carbocycles. The fourth-order valence-corrected chi connectivity index (χ4v) is 2.97. The Balaban J connectivity index is 1.88. The SMILES string of the molecule is O=C(O)c1cc2cc(Cl)cc(CNC(=O)C(O)c3ccccc3)c2[nH]c1=O. The number of carboxylic acid groups (broad SMARTS) is 1. The first-order valence-electron chi connectivity index (χ1n) is 7.96. The third-order valence-corrected chi connectivity index (χ3v) is 4.26. The molecule has 27 heavy (non-hydrogen) atoms. The first kappa shape index (κ1) is 18.6. The smallest absolute Gasteiger partial charge is 0.341 e. The zero-order valence-electron chi connectivity index (χ0n) is 13.9. The fraction of sp³-hybridized carbons (Fsp3) is 0.105. The predicted molar refractivity (Wildman–Crippen MR) is 99.8 cm³/mol. The molecular formula is C19H15ClN2O5. The van der Waals surface area contributed by atoms with Crippen LogP contribution in [0.3, 0.4) is 0 Å². The minimum Gasteiger partial charge on any atom is -0.477 e. The third kappa shape index (κ3) is 3.99. The maximum Gasteiger partial charge on any atom is 0.341 e. The molecule has 1 aromatic heterocycles. The minimum atomic E-state index is -1.35. The number of nitrogens with one attached hydrogen (secondary N) is 2. The molecule has 0 fully saturated rings. The number of aromatic nitrogens is 1. The molecule has 0 radical (unpaired) electrons. The zero-order valence-corrected chi connectivity index (χ0v) is 14.7. The van der Waals surface area contributed by atoms with E-state index in [-0.39, 0.29) is 6.54 Å². The van der Waals surface area contributed by atoms with Crippen molar-refractivity contribution in [3.63, 3.8) is 0 Å². The van der Waals surface area contributed by atoms with Crippen molar-refractivity contribution in [1.29, 1.82) is 0 Å². The molecule has 7 nitrogen and oxygen atoms in total. The Labute approximate surface area is 158 Å². The minimum absolute atomic E-state index is 0.0118. The molecule has 3 aromatic rings. The van der Waals surface area contributed by atoms with Gasteiger partial charge in [0.15, 0.2) is 6.10 Å². The number of halogens is 1. The normalized spacial score (nSPS) is 11.9. The summed E-state index contributed by atoms with van der Waals surface area (Å²) in [6, 6.07) is 12.7. The molecule has 1 atom stereocenters. The topological polar surface area (TPSA) is 119 Å². The van der Waals surface area contributed by atoms with E-state index in [9.17, 15) is 19.5 Å². The molecule has 0 bridgehead atoms. The number of aliphatic hydroxyl groups excluding tert-OH is 1. The van der Waals surface area contributed by atoms with Crippen LogP contribution in [-0.4, -0.2) is 27.1 Å². The highest BCUT2D eigenvalue weighted by Crippen LogP contribution is 2.23. The molecule has 138 valence electrons. The number of carbonyl (C=O) groups is 2. The van der Waals surface area contributed by atoms with Crippen molar-refractivity contribution >= 4 is 34.4 Å². The first-order chi connectivity index (χ1) is 12.9. The van der Waals surface area contributed by atoms with Gasteiger partial charge in [0.25, 0.3) is 11.5 Å². The Morgan fingerprint density at radius 3 is 2.52 bits per heavy atom. The lowest BCUT2D eigenvalue weighted by molar-refractivity contribution is -0.129. The van der Waals surface area contributed by atoms with Gasteiger partial charge in [-0.05, 0) is 29.3 Å². The predicted octanol–water partition coefficient (Wildman–Crippen LogP) is 2.23. The molecule has 0 spiro atoms. The molecule has 0 saturated carbocycles. The number of rotatable bonds is 5. The van der Waals surface area contributed by atoms with Crippen LogP contribution in [-0.2, 0) is 11.3 Å². The van der Waals surface area contributed by atoms with Gasteiger partial charge in [-0.25, -0.2) is 4.79 Å². The van der Waals surface area contributed by atoms with Gasteiger partial charge in [-0.3, -0.25) is 9.59 Å². The summed E-state index contributed by atoms with van der Waals surface area (Å²) < 4.78 is 0. The van der Waals surface area contributed by atoms with Crippen molar-refractivity contribution in [2.45, 2.75) is 12.6 Å². The van der Waals surface area contributed by atoms with E-state index >= 15 is 0 Å². The average molecular weight is 387 g/mol. The number of aliphatic hydroxyl groups is 1. The lowest BCUT2D eigenvalue weighted by Crippen LogP contribution is -2.29. The van der Waals surface area contributed by atoms with E-state index < -0.39 is 29.1 Å². The summed E-state index contributed by atoms with van der Waals surface area (Å²) in [4.78, 5) is 37.8. The molecule has 1 heterocycles. The van der Waals surface area contributed by atoms with Crippen molar-refractivity contribution in [3.05, 3.63) is 80.6 Å². The van der Waals surface area contributed by atoms with Crippen LogP contribution in [0.5, 0.6) is 0 Å². The molecular weight excluding hydrogens is 372 g/mol. The van der Waals surface area contributed by atoms with Crippen LogP contribution in [0.2, 0.25) is 5.02 Å². The first-order valence-corrected chi connectivity index (χ1v) is 8.34. The second kappa shape index (κ2) is 7.61. The number of pyridine rings is 1. The summed E-state index contributed by atoms with van der Waals surface area (Å²) in [6.45, 7) is -0.0118. The molecule has 4 N–H and O–H groups in total. The van der Waals surface area contributed by atoms with E-state index in [1.165, 1.54) is 12.1 Å². The number of aromatic amines is 1. The van der Waals surface area contributed by atoms with Crippen molar-refractivity contribution in [2.24, 2.45) is 0 Å². The van der Waals surface area contributed by atoms with Gasteiger partial charge in [0.1, 0.15) is 5.56 Å². The van der Waals surface area contributed by atoms with Gasteiger partial charge < -0.3 is 20.5 Å². The third-order valence-electron chi connectivity index (χ3n) is 4.05. The van der Waals surface area contributed by atoms with Crippen molar-refractivity contribution < 1.29 is 19.8 Å². The Kier molecular flexibility index (Phi) is 5.25. The number of carbonyl (C=O) groups excluding carboxylic acids is 1. The van der Waals surface area contributed by atoms with Crippen molar-refractivity contribution in [3.8, 4) is 0 Å². The summed E-state index contributed by atoms with van der Waals surface area (Å²) in [5.41, 5.74) is 0.142. The van der Waals surface area contributed by atoms with Crippen molar-refractivity contribution in [2.75, 3.05) is 0 Å². The number of fused-ring (bicyclic) bond motifs is 1. The molecule has 0 aliphatic rings. The highest BCUT2D eigenvalue weighted by molar-refractivity contribution is 6.31. The Morgan fingerprint density at radius 2 is 1.85 bits per heavy atom. The number of carboxylic acids is 1. The fourth-order valence-electron chi connectivity index (χ4n) is 2.72. The van der Waals surface area contributed by atoms with E-state index in [2.05, 4.69) is 10.3 Å². The highest BCUT2D eigenvalue weighted by Gasteiger charge is 2.18. The average Bonchev–Trinajstić information content (AvgIpc) is 2.65. The maximum atomic E-state index is 12.2. The van der Waals surface area contributed by atoms with E-state index in [4.69, 9.17) is 16.7 Å². The van der Waals surface area contributed by atoms with Crippen LogP contribution in [0.1, 0.15) is 27.6 Å². The van der Waals surface area contributed by atoms with Gasteiger partial charge in [-0.1, -0.05) is 41.9 Å². The molecule has 1 amide bonds. The monoisotopic (exact) mass is 386 g/mol. The van der Waals surface area contributed by atoms with E-state index in [0.717, 1.165) is 0 Å². The van der Waals surface area contributed by atoms with Gasteiger partial charge >= 0.3 is 5.97 Å². The zero-order chi connectivity index (χ0) is 19.6.